The number of thioether (sulfide) groups is 1. The average molecular weight is 303 g/mol. The second-order valence-corrected chi connectivity index (χ2v) is 6.45. The summed E-state index contributed by atoms with van der Waals surface area (Å²) in [7, 11) is 0. The first-order valence-corrected chi connectivity index (χ1v) is 8.06. The molecule has 4 nitrogen and oxygen atoms in total. The summed E-state index contributed by atoms with van der Waals surface area (Å²) in [5.41, 5.74) is 7.69. The summed E-state index contributed by atoms with van der Waals surface area (Å²) < 4.78 is 5.32. The van der Waals surface area contributed by atoms with Crippen LogP contribution in [0.4, 0.5) is 5.00 Å². The Balaban J connectivity index is 1.95. The first-order valence-electron chi connectivity index (χ1n) is 6.02. The van der Waals surface area contributed by atoms with E-state index >= 15 is 0 Å². The van der Waals surface area contributed by atoms with Crippen LogP contribution in [0.15, 0.2) is 39.8 Å². The lowest BCUT2D eigenvalue weighted by atomic mass is 10.2. The van der Waals surface area contributed by atoms with E-state index in [1.165, 1.54) is 16.2 Å². The fourth-order valence-corrected chi connectivity index (χ4v) is 3.08. The molecule has 0 amide bonds. The van der Waals surface area contributed by atoms with E-state index in [2.05, 4.69) is 10.1 Å². The van der Waals surface area contributed by atoms with E-state index in [9.17, 15) is 0 Å². The molecule has 2 heterocycles. The summed E-state index contributed by atoms with van der Waals surface area (Å²) >= 11 is 3.22. The largest absolute Gasteiger partial charge is 0.390 e. The third-order valence-electron chi connectivity index (χ3n) is 2.89. The van der Waals surface area contributed by atoms with Gasteiger partial charge in [0.05, 0.1) is 10.6 Å². The Labute approximate surface area is 125 Å². The molecule has 0 radical (unpaired) electrons. The highest BCUT2D eigenvalue weighted by Crippen LogP contribution is 2.33. The first-order chi connectivity index (χ1) is 9.67. The normalized spacial score (nSPS) is 10.9. The van der Waals surface area contributed by atoms with Gasteiger partial charge in [-0.15, -0.1) is 23.1 Å². The van der Waals surface area contributed by atoms with Crippen molar-refractivity contribution in [1.29, 1.82) is 0 Å². The number of hydrogen-bond donors (Lipinski definition) is 1. The van der Waals surface area contributed by atoms with E-state index < -0.39 is 0 Å². The molecule has 0 aliphatic carbocycles. The summed E-state index contributed by atoms with van der Waals surface area (Å²) in [6, 6.07) is 10.0. The van der Waals surface area contributed by atoms with Crippen molar-refractivity contribution in [2.75, 3.05) is 12.0 Å². The van der Waals surface area contributed by atoms with Crippen LogP contribution in [0.5, 0.6) is 0 Å². The maximum absolute atomic E-state index is 5.95. The van der Waals surface area contributed by atoms with Gasteiger partial charge in [0, 0.05) is 15.3 Å². The number of nitrogens with two attached hydrogens (primary N) is 1. The fourth-order valence-electron chi connectivity index (χ4n) is 1.89. The summed E-state index contributed by atoms with van der Waals surface area (Å²) in [4.78, 5) is 6.75. The van der Waals surface area contributed by atoms with Crippen LogP contribution < -0.4 is 5.73 Å². The fraction of sp³-hybridized carbons (Fsp3) is 0.143. The van der Waals surface area contributed by atoms with Gasteiger partial charge >= 0.3 is 0 Å². The Morgan fingerprint density at radius 1 is 1.25 bits per heavy atom. The minimum atomic E-state index is 0.468. The predicted molar refractivity (Wildman–Crippen MR) is 84.0 cm³/mol. The Kier molecular flexibility index (Phi) is 3.50. The summed E-state index contributed by atoms with van der Waals surface area (Å²) in [6.45, 7) is 2.00. The van der Waals surface area contributed by atoms with Crippen LogP contribution >= 0.6 is 23.1 Å². The second kappa shape index (κ2) is 5.30. The van der Waals surface area contributed by atoms with Gasteiger partial charge in [0.15, 0.2) is 0 Å². The Morgan fingerprint density at radius 2 is 2.00 bits per heavy atom. The van der Waals surface area contributed by atoms with Gasteiger partial charge in [0.1, 0.15) is 0 Å². The SMILES string of the molecule is CSc1ccc(-c2noc(-c3cc(C)sc3N)n2)cc1. The number of rotatable bonds is 3. The van der Waals surface area contributed by atoms with Gasteiger partial charge in [0.2, 0.25) is 5.82 Å². The van der Waals surface area contributed by atoms with E-state index in [1.807, 2.05) is 43.5 Å². The first kappa shape index (κ1) is 13.2. The Bertz CT molecular complexity index is 731. The van der Waals surface area contributed by atoms with Gasteiger partial charge in [0.25, 0.3) is 5.89 Å². The van der Waals surface area contributed by atoms with Crippen molar-refractivity contribution in [3.05, 3.63) is 35.2 Å². The molecule has 0 atom stereocenters. The molecule has 6 heteroatoms. The molecule has 2 N–H and O–H groups in total. The smallest absolute Gasteiger partial charge is 0.261 e. The zero-order valence-electron chi connectivity index (χ0n) is 11.1. The van der Waals surface area contributed by atoms with E-state index in [4.69, 9.17) is 10.3 Å². The van der Waals surface area contributed by atoms with Gasteiger partial charge in [-0.25, -0.2) is 0 Å². The van der Waals surface area contributed by atoms with Crippen molar-refractivity contribution < 1.29 is 4.52 Å². The molecule has 102 valence electrons. The molecule has 0 unspecified atom stereocenters. The van der Waals surface area contributed by atoms with Gasteiger partial charge in [-0.3, -0.25) is 0 Å². The molecular formula is C14H13N3OS2. The van der Waals surface area contributed by atoms with Crippen molar-refractivity contribution in [3.8, 4) is 22.8 Å². The predicted octanol–water partition coefficient (Wildman–Crippen LogP) is 4.08. The van der Waals surface area contributed by atoms with Gasteiger partial charge in [-0.1, -0.05) is 5.16 Å². The molecule has 0 spiro atoms. The van der Waals surface area contributed by atoms with E-state index in [1.54, 1.807) is 11.8 Å². The minimum Gasteiger partial charge on any atom is -0.390 e. The van der Waals surface area contributed by atoms with Gasteiger partial charge in [-0.2, -0.15) is 4.98 Å². The Morgan fingerprint density at radius 3 is 2.60 bits per heavy atom. The molecule has 0 aliphatic rings. The quantitative estimate of drug-likeness (QED) is 0.739. The summed E-state index contributed by atoms with van der Waals surface area (Å²) in [5, 5.41) is 4.73. The molecule has 0 aliphatic heterocycles. The third kappa shape index (κ3) is 2.44. The van der Waals surface area contributed by atoms with Crippen molar-refractivity contribution in [3.63, 3.8) is 0 Å². The monoisotopic (exact) mass is 303 g/mol. The standard InChI is InChI=1S/C14H13N3OS2/c1-8-7-11(12(15)20-8)14-16-13(17-18-14)9-3-5-10(19-2)6-4-9/h3-7H,15H2,1-2H3. The summed E-state index contributed by atoms with van der Waals surface area (Å²) in [5.74, 6) is 1.05. The molecular weight excluding hydrogens is 290 g/mol. The van der Waals surface area contributed by atoms with Crippen LogP contribution in [0.2, 0.25) is 0 Å². The van der Waals surface area contributed by atoms with E-state index in [0.29, 0.717) is 16.7 Å². The van der Waals surface area contributed by atoms with Crippen molar-refractivity contribution in [2.24, 2.45) is 0 Å². The van der Waals surface area contributed by atoms with Gasteiger partial charge in [-0.05, 0) is 43.5 Å². The lowest BCUT2D eigenvalue weighted by Crippen LogP contribution is -1.84. The van der Waals surface area contributed by atoms with Crippen LogP contribution in [0.3, 0.4) is 0 Å². The number of aryl methyl sites for hydroxylation is 1. The molecule has 0 bridgehead atoms. The average Bonchev–Trinajstić information content (AvgIpc) is 3.05. The highest BCUT2D eigenvalue weighted by molar-refractivity contribution is 7.98. The van der Waals surface area contributed by atoms with Crippen LogP contribution in [0.1, 0.15) is 4.88 Å². The van der Waals surface area contributed by atoms with Crippen molar-refractivity contribution in [2.45, 2.75) is 11.8 Å². The highest BCUT2D eigenvalue weighted by atomic mass is 32.2. The van der Waals surface area contributed by atoms with Crippen LogP contribution in [0.25, 0.3) is 22.8 Å². The maximum Gasteiger partial charge on any atom is 0.261 e. The zero-order valence-corrected chi connectivity index (χ0v) is 12.7. The minimum absolute atomic E-state index is 0.468. The van der Waals surface area contributed by atoms with Crippen LogP contribution in [-0.2, 0) is 0 Å². The number of thiophene rings is 1. The molecule has 0 saturated carbocycles. The Hall–Kier alpha value is -1.79. The topological polar surface area (TPSA) is 64.9 Å². The lowest BCUT2D eigenvalue weighted by Gasteiger charge is -1.96. The third-order valence-corrected chi connectivity index (χ3v) is 4.51. The van der Waals surface area contributed by atoms with Crippen molar-refractivity contribution in [1.82, 2.24) is 10.1 Å². The molecule has 3 aromatic rings. The molecule has 1 aromatic carbocycles. The lowest BCUT2D eigenvalue weighted by molar-refractivity contribution is 0.432. The van der Waals surface area contributed by atoms with E-state index in [-0.39, 0.29) is 0 Å². The second-order valence-electron chi connectivity index (χ2n) is 4.29. The molecule has 20 heavy (non-hydrogen) atoms. The maximum atomic E-state index is 5.95. The van der Waals surface area contributed by atoms with Crippen LogP contribution in [0, 0.1) is 6.92 Å². The highest BCUT2D eigenvalue weighted by Gasteiger charge is 2.15. The van der Waals surface area contributed by atoms with Crippen molar-refractivity contribution >= 4 is 28.1 Å². The molecule has 2 aromatic heterocycles. The summed E-state index contributed by atoms with van der Waals surface area (Å²) in [6.07, 6.45) is 2.04. The van der Waals surface area contributed by atoms with Gasteiger partial charge < -0.3 is 10.3 Å². The molecule has 3 rings (SSSR count). The number of nitrogen functional groups attached to an aromatic ring is 1. The number of benzene rings is 1. The van der Waals surface area contributed by atoms with E-state index in [0.717, 1.165) is 16.0 Å². The zero-order chi connectivity index (χ0) is 14.1. The number of anilines is 1. The molecule has 0 saturated heterocycles. The molecule has 0 fully saturated rings. The number of aromatic nitrogens is 2. The van der Waals surface area contributed by atoms with Crippen LogP contribution in [-0.4, -0.2) is 16.4 Å². The number of nitrogens with zero attached hydrogens (tertiary/aromatic N) is 2. The number of hydrogen-bond acceptors (Lipinski definition) is 6.